The number of esters is 4. The normalized spacial score (nSPS) is 16.6. The van der Waals surface area contributed by atoms with E-state index in [0.717, 1.165) is 78.5 Å². The van der Waals surface area contributed by atoms with Gasteiger partial charge in [-0.2, -0.15) is 0 Å². The number of carbonyl (C=O) groups is 6. The van der Waals surface area contributed by atoms with Gasteiger partial charge < -0.3 is 48.1 Å². The van der Waals surface area contributed by atoms with Crippen molar-refractivity contribution in [3.63, 3.8) is 0 Å². The maximum Gasteiger partial charge on any atom is 0.408 e. The molecule has 1 spiro atoms. The van der Waals surface area contributed by atoms with E-state index in [1.807, 2.05) is 40.8 Å². The van der Waals surface area contributed by atoms with Crippen LogP contribution in [0.25, 0.3) is 17.0 Å². The van der Waals surface area contributed by atoms with Gasteiger partial charge in [0.05, 0.1) is 12.1 Å². The molecule has 2 aliphatic heterocycles. The number of aryl methyl sites for hydroxylation is 1. The fourth-order valence-corrected chi connectivity index (χ4v) is 8.89. The summed E-state index contributed by atoms with van der Waals surface area (Å²) in [4.78, 5) is 77.6. The number of aromatic nitrogens is 1. The van der Waals surface area contributed by atoms with Gasteiger partial charge in [-0.15, -0.1) is 0 Å². The number of ether oxygens (including phenoxy) is 6. The number of rotatable bonds is 19. The monoisotopic (exact) mass is 916 g/mol. The quantitative estimate of drug-likeness (QED) is 0.0765. The van der Waals surface area contributed by atoms with Crippen molar-refractivity contribution >= 4 is 52.9 Å². The highest BCUT2D eigenvalue weighted by molar-refractivity contribution is 5.88. The Morgan fingerprint density at radius 1 is 0.833 bits per heavy atom. The Kier molecular flexibility index (Phi) is 18.3. The Morgan fingerprint density at radius 2 is 1.53 bits per heavy atom. The smallest absolute Gasteiger partial charge is 0.408 e. The number of piperidine rings is 2. The average Bonchev–Trinajstić information content (AvgIpc) is 3.61. The molecule has 66 heavy (non-hydrogen) atoms. The molecule has 5 rings (SSSR count). The van der Waals surface area contributed by atoms with E-state index in [9.17, 15) is 28.8 Å². The standard InChI is InChI=1S/C50H68N4O12/c1-34-13-11-15-42-45(34)41(31-54(42)47(62-28-27-61-35(2)55)46(65-38(5)58)43(64-37(4)57)32-63-36(3)56)29-40-18-16-39(17-19-40)14-9-10-23-52-24-12-20-50(33-52)21-25-53(26-22-50)44(59)30-51-48(60)66-49(6,7)8/h9,11,13-19,31,43,46-47H,10,12,20-30,32-33H2,1-8H3,(H,51,60). The number of likely N-dealkylation sites (tertiary alicyclic amines) is 2. The molecular formula is C50H68N4O12. The summed E-state index contributed by atoms with van der Waals surface area (Å²) in [6.07, 6.45) is 7.80. The summed E-state index contributed by atoms with van der Waals surface area (Å²) < 4.78 is 35.2. The fraction of sp³-hybridized carbons (Fsp3) is 0.560. The van der Waals surface area contributed by atoms with Gasteiger partial charge in [0.1, 0.15) is 25.4 Å². The average molecular weight is 917 g/mol. The maximum atomic E-state index is 12.8. The van der Waals surface area contributed by atoms with Crippen LogP contribution in [-0.4, -0.2) is 127 Å². The van der Waals surface area contributed by atoms with Crippen LogP contribution >= 0.6 is 0 Å². The van der Waals surface area contributed by atoms with Gasteiger partial charge in [-0.3, -0.25) is 24.0 Å². The van der Waals surface area contributed by atoms with Crippen molar-refractivity contribution in [3.8, 4) is 0 Å². The third-order valence-electron chi connectivity index (χ3n) is 11.8. The van der Waals surface area contributed by atoms with Crippen molar-refractivity contribution in [2.45, 2.75) is 118 Å². The lowest BCUT2D eigenvalue weighted by Gasteiger charge is -2.47. The summed E-state index contributed by atoms with van der Waals surface area (Å²) in [6, 6.07) is 14.2. The lowest BCUT2D eigenvalue weighted by molar-refractivity contribution is -0.195. The van der Waals surface area contributed by atoms with Crippen LogP contribution in [0, 0.1) is 12.3 Å². The molecule has 16 nitrogen and oxygen atoms in total. The molecule has 2 aromatic carbocycles. The number of alkyl carbamates (subject to hydrolysis) is 1. The first-order valence-electron chi connectivity index (χ1n) is 22.9. The molecule has 16 heteroatoms. The number of amides is 2. The van der Waals surface area contributed by atoms with Crippen LogP contribution in [0.15, 0.2) is 54.7 Å². The van der Waals surface area contributed by atoms with E-state index in [1.165, 1.54) is 34.1 Å². The number of fused-ring (bicyclic) bond motifs is 1. The molecule has 3 heterocycles. The van der Waals surface area contributed by atoms with Crippen LogP contribution in [0.3, 0.4) is 0 Å². The summed E-state index contributed by atoms with van der Waals surface area (Å²) in [7, 11) is 0. The Hall–Kier alpha value is -5.74. The van der Waals surface area contributed by atoms with E-state index in [-0.39, 0.29) is 31.1 Å². The van der Waals surface area contributed by atoms with E-state index in [1.54, 1.807) is 20.8 Å². The van der Waals surface area contributed by atoms with Gasteiger partial charge in [-0.25, -0.2) is 4.79 Å². The second kappa shape index (κ2) is 23.6. The van der Waals surface area contributed by atoms with Crippen molar-refractivity contribution in [3.05, 3.63) is 77.0 Å². The third-order valence-corrected chi connectivity index (χ3v) is 11.8. The first-order valence-corrected chi connectivity index (χ1v) is 22.9. The molecule has 2 saturated heterocycles. The highest BCUT2D eigenvalue weighted by Crippen LogP contribution is 2.40. The van der Waals surface area contributed by atoms with E-state index >= 15 is 0 Å². The third kappa shape index (κ3) is 15.4. The number of nitrogens with zero attached hydrogens (tertiary/aromatic N) is 3. The van der Waals surface area contributed by atoms with Crippen LogP contribution < -0.4 is 5.32 Å². The van der Waals surface area contributed by atoms with E-state index in [4.69, 9.17) is 28.4 Å². The predicted molar refractivity (Wildman–Crippen MR) is 247 cm³/mol. The zero-order valence-electron chi connectivity index (χ0n) is 39.9. The van der Waals surface area contributed by atoms with Crippen molar-refractivity contribution in [2.24, 2.45) is 5.41 Å². The second-order valence-electron chi connectivity index (χ2n) is 18.4. The van der Waals surface area contributed by atoms with Crippen LogP contribution in [0.2, 0.25) is 0 Å². The van der Waals surface area contributed by atoms with Crippen LogP contribution in [-0.2, 0) is 58.8 Å². The summed E-state index contributed by atoms with van der Waals surface area (Å²) >= 11 is 0. The predicted octanol–water partition coefficient (Wildman–Crippen LogP) is 6.68. The molecule has 0 radical (unpaired) electrons. The van der Waals surface area contributed by atoms with Crippen molar-refractivity contribution in [1.29, 1.82) is 0 Å². The molecule has 0 aliphatic carbocycles. The minimum atomic E-state index is -1.27. The lowest BCUT2D eigenvalue weighted by atomic mass is 9.72. The van der Waals surface area contributed by atoms with Crippen LogP contribution in [0.5, 0.6) is 0 Å². The fourth-order valence-electron chi connectivity index (χ4n) is 8.89. The van der Waals surface area contributed by atoms with E-state index in [2.05, 4.69) is 46.6 Å². The first kappa shape index (κ1) is 51.2. The molecule has 2 aliphatic rings. The molecule has 3 aromatic rings. The van der Waals surface area contributed by atoms with Crippen molar-refractivity contribution in [1.82, 2.24) is 19.7 Å². The zero-order valence-corrected chi connectivity index (χ0v) is 39.9. The number of hydrogen-bond acceptors (Lipinski definition) is 13. The Bertz CT molecular complexity index is 2180. The maximum absolute atomic E-state index is 12.8. The topological polar surface area (TPSA) is 181 Å². The Labute approximate surface area is 388 Å². The molecule has 360 valence electrons. The van der Waals surface area contributed by atoms with Gasteiger partial charge in [-0.1, -0.05) is 48.6 Å². The largest absolute Gasteiger partial charge is 0.463 e. The van der Waals surface area contributed by atoms with Crippen molar-refractivity contribution in [2.75, 3.05) is 59.1 Å². The molecule has 3 atom stereocenters. The lowest BCUT2D eigenvalue weighted by Crippen LogP contribution is -2.52. The van der Waals surface area contributed by atoms with E-state index < -0.39 is 60.6 Å². The van der Waals surface area contributed by atoms with Gasteiger partial charge in [0.2, 0.25) is 5.91 Å². The number of hydrogen-bond donors (Lipinski definition) is 1. The minimum Gasteiger partial charge on any atom is -0.463 e. The first-order chi connectivity index (χ1) is 31.3. The zero-order chi connectivity index (χ0) is 48.0. The van der Waals surface area contributed by atoms with Crippen LogP contribution in [0.1, 0.15) is 109 Å². The van der Waals surface area contributed by atoms with E-state index in [0.29, 0.717) is 19.5 Å². The molecule has 0 saturated carbocycles. The van der Waals surface area contributed by atoms with Crippen LogP contribution in [0.4, 0.5) is 4.79 Å². The SMILES string of the molecule is CC(=O)OCCOC(C(OC(C)=O)C(COC(C)=O)OC(C)=O)n1cc(Cc2ccc(C=CCCN3CCCC4(CCN(C(=O)CNC(=O)OC(C)(C)C)CC4)C3)cc2)c2c(C)cccc21. The molecule has 3 unspecified atom stereocenters. The van der Waals surface area contributed by atoms with Gasteiger partial charge in [0, 0.05) is 65.5 Å². The van der Waals surface area contributed by atoms with Gasteiger partial charge in [0.15, 0.2) is 18.4 Å². The number of nitrogens with one attached hydrogen (secondary N) is 1. The Balaban J connectivity index is 1.24. The highest BCUT2D eigenvalue weighted by atomic mass is 16.6. The van der Waals surface area contributed by atoms with Gasteiger partial charge in [0.25, 0.3) is 0 Å². The number of benzene rings is 2. The molecule has 2 fully saturated rings. The minimum absolute atomic E-state index is 0.0585. The molecule has 2 amide bonds. The highest BCUT2D eigenvalue weighted by Gasteiger charge is 2.40. The summed E-state index contributed by atoms with van der Waals surface area (Å²) in [5.41, 5.74) is 4.48. The molecule has 1 aromatic heterocycles. The molecule has 1 N–H and O–H groups in total. The summed E-state index contributed by atoms with van der Waals surface area (Å²) in [5.74, 6) is -2.53. The summed E-state index contributed by atoms with van der Waals surface area (Å²) in [5, 5.41) is 3.56. The molecular weight excluding hydrogens is 849 g/mol. The second-order valence-corrected chi connectivity index (χ2v) is 18.4. The van der Waals surface area contributed by atoms with Gasteiger partial charge >= 0.3 is 30.0 Å². The molecule has 0 bridgehead atoms. The van der Waals surface area contributed by atoms with Crippen molar-refractivity contribution < 1.29 is 57.2 Å². The number of carbonyl (C=O) groups excluding carboxylic acids is 6. The Morgan fingerprint density at radius 3 is 2.18 bits per heavy atom. The summed E-state index contributed by atoms with van der Waals surface area (Å²) in [6.45, 7) is 16.1. The van der Waals surface area contributed by atoms with Gasteiger partial charge in [-0.05, 0) is 106 Å².